The van der Waals surface area contributed by atoms with Crippen LogP contribution in [0.4, 0.5) is 0 Å². The first-order chi connectivity index (χ1) is 14.6. The Morgan fingerprint density at radius 1 is 1.16 bits per heavy atom. The van der Waals surface area contributed by atoms with Crippen molar-refractivity contribution in [3.8, 4) is 17.0 Å². The smallest absolute Gasteiger partial charge is 0.258 e. The molecule has 3 rings (SSSR count). The number of carbonyl (C=O) groups is 1. The number of aryl methyl sites for hydroxylation is 1. The predicted octanol–water partition coefficient (Wildman–Crippen LogP) is 3.24. The molecule has 164 valence electrons. The second kappa shape index (κ2) is 8.63. The number of sulfone groups is 1. The summed E-state index contributed by atoms with van der Waals surface area (Å²) in [7, 11) is -2.07. The summed E-state index contributed by atoms with van der Waals surface area (Å²) < 4.78 is 29.6. The Balaban J connectivity index is 1.92. The van der Waals surface area contributed by atoms with Crippen molar-refractivity contribution in [2.75, 3.05) is 13.4 Å². The van der Waals surface area contributed by atoms with E-state index in [1.54, 1.807) is 38.6 Å². The number of benzene rings is 1. The van der Waals surface area contributed by atoms with Gasteiger partial charge < -0.3 is 9.30 Å². The van der Waals surface area contributed by atoms with Crippen LogP contribution in [0.3, 0.4) is 0 Å². The van der Waals surface area contributed by atoms with Gasteiger partial charge in [-0.05, 0) is 48.6 Å². The lowest BCUT2D eigenvalue weighted by Crippen LogP contribution is -2.44. The number of fused-ring (bicyclic) bond motifs is 1. The highest BCUT2D eigenvalue weighted by atomic mass is 32.2. The van der Waals surface area contributed by atoms with Crippen LogP contribution >= 0.6 is 0 Å². The van der Waals surface area contributed by atoms with Crippen molar-refractivity contribution in [2.45, 2.75) is 38.0 Å². The van der Waals surface area contributed by atoms with Gasteiger partial charge in [0.25, 0.3) is 5.56 Å². The zero-order valence-corrected chi connectivity index (χ0v) is 18.9. The summed E-state index contributed by atoms with van der Waals surface area (Å²) in [6.07, 6.45) is 4.58. The summed E-state index contributed by atoms with van der Waals surface area (Å²) in [4.78, 5) is 29.5. The SMILES string of the molecule is CCC(=O)[C@@](C)(CCn1ccc2cc(-c3ccc(OC)nc3)ccc2c1=O)S(C)(=O)=O. The summed E-state index contributed by atoms with van der Waals surface area (Å²) >= 11 is 0. The van der Waals surface area contributed by atoms with Crippen LogP contribution in [-0.4, -0.2) is 41.9 Å². The van der Waals surface area contributed by atoms with Crippen molar-refractivity contribution >= 4 is 26.4 Å². The van der Waals surface area contributed by atoms with Crippen LogP contribution < -0.4 is 10.3 Å². The van der Waals surface area contributed by atoms with Crippen molar-refractivity contribution in [1.29, 1.82) is 0 Å². The van der Waals surface area contributed by atoms with Crippen LogP contribution in [0, 0.1) is 0 Å². The molecular formula is C23H26N2O5S. The van der Waals surface area contributed by atoms with Crippen molar-refractivity contribution in [2.24, 2.45) is 0 Å². The lowest BCUT2D eigenvalue weighted by Gasteiger charge is -2.26. The Bertz CT molecular complexity index is 1280. The number of ether oxygens (including phenoxy) is 1. The molecule has 0 bridgehead atoms. The summed E-state index contributed by atoms with van der Waals surface area (Å²) in [6.45, 7) is 3.22. The molecule has 0 aliphatic heterocycles. The van der Waals surface area contributed by atoms with Crippen LogP contribution in [-0.2, 0) is 21.2 Å². The quantitative estimate of drug-likeness (QED) is 0.531. The van der Waals surface area contributed by atoms with Crippen LogP contribution in [0.1, 0.15) is 26.7 Å². The van der Waals surface area contributed by atoms with E-state index in [1.807, 2.05) is 24.3 Å². The van der Waals surface area contributed by atoms with Gasteiger partial charge in [0.05, 0.1) is 7.11 Å². The highest BCUT2D eigenvalue weighted by molar-refractivity contribution is 7.92. The average molecular weight is 443 g/mol. The Labute approximate surface area is 181 Å². The lowest BCUT2D eigenvalue weighted by atomic mass is 9.99. The van der Waals surface area contributed by atoms with Gasteiger partial charge in [0, 0.05) is 48.6 Å². The monoisotopic (exact) mass is 442 g/mol. The summed E-state index contributed by atoms with van der Waals surface area (Å²) in [5, 5.41) is 1.29. The molecule has 0 aliphatic rings. The van der Waals surface area contributed by atoms with Crippen LogP contribution in [0.2, 0.25) is 0 Å². The highest BCUT2D eigenvalue weighted by Gasteiger charge is 2.41. The number of hydrogen-bond acceptors (Lipinski definition) is 6. The third-order valence-corrected chi connectivity index (χ3v) is 7.88. The molecule has 0 saturated carbocycles. The zero-order chi connectivity index (χ0) is 22.8. The van der Waals surface area contributed by atoms with Gasteiger partial charge in [0.15, 0.2) is 15.6 Å². The minimum Gasteiger partial charge on any atom is -0.481 e. The minimum absolute atomic E-state index is 0.0412. The van der Waals surface area contributed by atoms with Gasteiger partial charge >= 0.3 is 0 Å². The first-order valence-electron chi connectivity index (χ1n) is 9.97. The fraction of sp³-hybridized carbons (Fsp3) is 0.348. The molecule has 2 heterocycles. The van der Waals surface area contributed by atoms with E-state index in [-0.39, 0.29) is 30.7 Å². The topological polar surface area (TPSA) is 95.3 Å². The lowest BCUT2D eigenvalue weighted by molar-refractivity contribution is -0.121. The van der Waals surface area contributed by atoms with E-state index in [2.05, 4.69) is 4.98 Å². The summed E-state index contributed by atoms with van der Waals surface area (Å²) in [6, 6.07) is 11.0. The van der Waals surface area contributed by atoms with E-state index in [0.29, 0.717) is 11.3 Å². The van der Waals surface area contributed by atoms with Gasteiger partial charge in [-0.15, -0.1) is 0 Å². The van der Waals surface area contributed by atoms with E-state index in [0.717, 1.165) is 22.8 Å². The number of carbonyl (C=O) groups excluding carboxylic acids is 1. The fourth-order valence-corrected chi connectivity index (χ4v) is 4.57. The molecule has 0 unspecified atom stereocenters. The van der Waals surface area contributed by atoms with E-state index in [1.165, 1.54) is 11.5 Å². The molecule has 1 aromatic carbocycles. The molecular weight excluding hydrogens is 416 g/mol. The molecule has 2 aromatic heterocycles. The summed E-state index contributed by atoms with van der Waals surface area (Å²) in [5.74, 6) is 0.177. The molecule has 0 aliphatic carbocycles. The highest BCUT2D eigenvalue weighted by Crippen LogP contribution is 2.26. The Morgan fingerprint density at radius 3 is 2.45 bits per heavy atom. The van der Waals surface area contributed by atoms with Crippen molar-refractivity contribution in [3.63, 3.8) is 0 Å². The van der Waals surface area contributed by atoms with Gasteiger partial charge in [-0.1, -0.05) is 13.0 Å². The molecule has 0 saturated heterocycles. The average Bonchev–Trinajstić information content (AvgIpc) is 2.76. The van der Waals surface area contributed by atoms with E-state index >= 15 is 0 Å². The molecule has 0 spiro atoms. The maximum absolute atomic E-state index is 13.0. The first-order valence-corrected chi connectivity index (χ1v) is 11.9. The molecule has 0 amide bonds. The molecule has 1 atom stereocenters. The fourth-order valence-electron chi connectivity index (χ4n) is 3.55. The maximum atomic E-state index is 13.0. The second-order valence-electron chi connectivity index (χ2n) is 7.74. The maximum Gasteiger partial charge on any atom is 0.258 e. The van der Waals surface area contributed by atoms with Crippen molar-refractivity contribution < 1.29 is 17.9 Å². The Morgan fingerprint density at radius 2 is 1.87 bits per heavy atom. The minimum atomic E-state index is -3.62. The predicted molar refractivity (Wildman–Crippen MR) is 121 cm³/mol. The van der Waals surface area contributed by atoms with Gasteiger partial charge in [-0.2, -0.15) is 0 Å². The summed E-state index contributed by atoms with van der Waals surface area (Å²) in [5.41, 5.74) is 1.59. The molecule has 31 heavy (non-hydrogen) atoms. The first kappa shape index (κ1) is 22.7. The molecule has 0 radical (unpaired) electrons. The van der Waals surface area contributed by atoms with E-state index in [9.17, 15) is 18.0 Å². The van der Waals surface area contributed by atoms with Crippen LogP contribution in [0.5, 0.6) is 5.88 Å². The number of Topliss-reactive ketones (excluding diaryl/α,β-unsaturated/α-hetero) is 1. The molecule has 0 fully saturated rings. The van der Waals surface area contributed by atoms with Crippen molar-refractivity contribution in [1.82, 2.24) is 9.55 Å². The van der Waals surface area contributed by atoms with Crippen LogP contribution in [0.25, 0.3) is 21.9 Å². The number of hydrogen-bond donors (Lipinski definition) is 0. The molecule has 0 N–H and O–H groups in total. The zero-order valence-electron chi connectivity index (χ0n) is 18.1. The number of aromatic nitrogens is 2. The number of rotatable bonds is 8. The third kappa shape index (κ3) is 4.39. The Kier molecular flexibility index (Phi) is 6.31. The van der Waals surface area contributed by atoms with Crippen LogP contribution in [0.15, 0.2) is 53.6 Å². The molecule has 3 aromatic rings. The van der Waals surface area contributed by atoms with Gasteiger partial charge in [-0.3, -0.25) is 9.59 Å². The van der Waals surface area contributed by atoms with Gasteiger partial charge in [-0.25, -0.2) is 13.4 Å². The largest absolute Gasteiger partial charge is 0.481 e. The number of methoxy groups -OCH3 is 1. The van der Waals surface area contributed by atoms with E-state index < -0.39 is 14.6 Å². The van der Waals surface area contributed by atoms with E-state index in [4.69, 9.17) is 4.74 Å². The van der Waals surface area contributed by atoms with Gasteiger partial charge in [0.1, 0.15) is 4.75 Å². The number of ketones is 1. The third-order valence-electron chi connectivity index (χ3n) is 5.81. The Hall–Kier alpha value is -3.00. The second-order valence-corrected chi connectivity index (χ2v) is 10.2. The molecule has 7 nitrogen and oxygen atoms in total. The number of nitrogens with zero attached hydrogens (tertiary/aromatic N) is 2. The number of pyridine rings is 2. The standard InChI is InChI=1S/C23H26N2O5S/c1-5-20(26)23(2,31(4,28)29)11-13-25-12-10-17-14-16(6-8-19(17)22(25)27)18-7-9-21(30-3)24-15-18/h6-10,12,14-15H,5,11,13H2,1-4H3/t23-/m1/s1. The van der Waals surface area contributed by atoms with Gasteiger partial charge in [0.2, 0.25) is 5.88 Å². The normalized spacial score (nSPS) is 13.7. The molecule has 8 heteroatoms. The van der Waals surface area contributed by atoms with Crippen molar-refractivity contribution in [3.05, 3.63) is 59.1 Å².